The van der Waals surface area contributed by atoms with Crippen molar-refractivity contribution in [3.05, 3.63) is 35.5 Å². The Bertz CT molecular complexity index is 608. The first-order valence-electron chi connectivity index (χ1n) is 6.47. The highest BCUT2D eigenvalue weighted by Gasteiger charge is 2.22. The zero-order valence-electron chi connectivity index (χ0n) is 10.9. The molecule has 0 unspecified atom stereocenters. The van der Waals surface area contributed by atoms with E-state index in [2.05, 4.69) is 30.4 Å². The van der Waals surface area contributed by atoms with Crippen molar-refractivity contribution >= 4 is 16.7 Å². The van der Waals surface area contributed by atoms with Crippen LogP contribution in [0, 0.1) is 6.92 Å². The van der Waals surface area contributed by atoms with Crippen LogP contribution in [0.4, 0.5) is 0 Å². The number of fused-ring (bicyclic) bond motifs is 1. The fourth-order valence-corrected chi connectivity index (χ4v) is 2.35. The number of benzene rings is 1. The van der Waals surface area contributed by atoms with E-state index < -0.39 is 0 Å². The summed E-state index contributed by atoms with van der Waals surface area (Å²) in [4.78, 5) is 12.2. The number of carbonyl (C=O) groups is 1. The van der Waals surface area contributed by atoms with Gasteiger partial charge in [-0.1, -0.05) is 11.6 Å². The Morgan fingerprint density at radius 1 is 1.44 bits per heavy atom. The van der Waals surface area contributed by atoms with Gasteiger partial charge in [-0.15, -0.1) is 0 Å². The number of rotatable bonds is 4. The van der Waals surface area contributed by atoms with E-state index in [-0.39, 0.29) is 5.78 Å². The van der Waals surface area contributed by atoms with E-state index in [1.807, 2.05) is 17.8 Å². The molecule has 1 fully saturated rings. The molecule has 0 saturated heterocycles. The molecule has 3 nitrogen and oxygen atoms in total. The van der Waals surface area contributed by atoms with Gasteiger partial charge >= 0.3 is 0 Å². The summed E-state index contributed by atoms with van der Waals surface area (Å²) in [6.07, 6.45) is 4.37. The number of hydrogen-bond acceptors (Lipinski definition) is 2. The van der Waals surface area contributed by atoms with Gasteiger partial charge in [0, 0.05) is 35.8 Å². The zero-order chi connectivity index (χ0) is 12.7. The minimum Gasteiger partial charge on any atom is -0.350 e. The molecule has 0 bridgehead atoms. The molecule has 0 aliphatic heterocycles. The van der Waals surface area contributed by atoms with E-state index >= 15 is 0 Å². The van der Waals surface area contributed by atoms with E-state index in [0.717, 1.165) is 16.5 Å². The SMILES string of the molecule is Cc1ccc2c(c1)c(C(=O)CNC1CC1)cn2C. The third-order valence-electron chi connectivity index (χ3n) is 3.57. The zero-order valence-corrected chi connectivity index (χ0v) is 10.9. The molecule has 1 aliphatic carbocycles. The van der Waals surface area contributed by atoms with Crippen molar-refractivity contribution < 1.29 is 4.79 Å². The average molecular weight is 242 g/mol. The molecular weight excluding hydrogens is 224 g/mol. The number of carbonyl (C=O) groups excluding carboxylic acids is 1. The Morgan fingerprint density at radius 3 is 2.94 bits per heavy atom. The molecule has 1 aromatic heterocycles. The van der Waals surface area contributed by atoms with Gasteiger partial charge in [-0.3, -0.25) is 4.79 Å². The topological polar surface area (TPSA) is 34.0 Å². The van der Waals surface area contributed by atoms with E-state index in [0.29, 0.717) is 12.6 Å². The summed E-state index contributed by atoms with van der Waals surface area (Å²) in [7, 11) is 1.99. The highest BCUT2D eigenvalue weighted by atomic mass is 16.1. The summed E-state index contributed by atoms with van der Waals surface area (Å²) < 4.78 is 2.03. The number of aryl methyl sites for hydroxylation is 2. The van der Waals surface area contributed by atoms with E-state index in [4.69, 9.17) is 0 Å². The van der Waals surface area contributed by atoms with E-state index in [9.17, 15) is 4.79 Å². The maximum atomic E-state index is 12.2. The van der Waals surface area contributed by atoms with Crippen LogP contribution in [0.25, 0.3) is 10.9 Å². The van der Waals surface area contributed by atoms with Crippen molar-refractivity contribution in [3.63, 3.8) is 0 Å². The number of hydrogen-bond donors (Lipinski definition) is 1. The van der Waals surface area contributed by atoms with Crippen molar-refractivity contribution in [1.29, 1.82) is 0 Å². The van der Waals surface area contributed by atoms with Gasteiger partial charge in [-0.25, -0.2) is 0 Å². The van der Waals surface area contributed by atoms with Gasteiger partial charge in [-0.2, -0.15) is 0 Å². The molecule has 18 heavy (non-hydrogen) atoms. The molecule has 3 rings (SSSR count). The summed E-state index contributed by atoms with van der Waals surface area (Å²) in [6, 6.07) is 6.83. The van der Waals surface area contributed by atoms with Crippen LogP contribution in [-0.4, -0.2) is 22.9 Å². The second kappa shape index (κ2) is 4.25. The summed E-state index contributed by atoms with van der Waals surface area (Å²) in [6.45, 7) is 2.51. The standard InChI is InChI=1S/C15H18N2O/c1-10-3-6-14-12(7-10)13(9-17(14)2)15(18)8-16-11-4-5-11/h3,6-7,9,11,16H,4-5,8H2,1-2H3. The van der Waals surface area contributed by atoms with E-state index in [1.165, 1.54) is 18.4 Å². The third-order valence-corrected chi connectivity index (χ3v) is 3.57. The number of nitrogens with one attached hydrogen (secondary N) is 1. The lowest BCUT2D eigenvalue weighted by atomic mass is 10.1. The summed E-state index contributed by atoms with van der Waals surface area (Å²) in [5, 5.41) is 4.35. The van der Waals surface area contributed by atoms with Crippen molar-refractivity contribution in [1.82, 2.24) is 9.88 Å². The smallest absolute Gasteiger partial charge is 0.178 e. The predicted octanol–water partition coefficient (Wildman–Crippen LogP) is 2.42. The fourth-order valence-electron chi connectivity index (χ4n) is 2.35. The molecule has 3 heteroatoms. The number of aromatic nitrogens is 1. The number of nitrogens with zero attached hydrogens (tertiary/aromatic N) is 1. The first-order chi connectivity index (χ1) is 8.65. The monoisotopic (exact) mass is 242 g/mol. The van der Waals surface area contributed by atoms with Gasteiger partial charge in [-0.05, 0) is 31.9 Å². The van der Waals surface area contributed by atoms with Crippen LogP contribution in [0.3, 0.4) is 0 Å². The molecule has 94 valence electrons. The average Bonchev–Trinajstić information content (AvgIpc) is 3.11. The van der Waals surface area contributed by atoms with Crippen LogP contribution >= 0.6 is 0 Å². The third kappa shape index (κ3) is 2.06. The molecular formula is C15H18N2O. The van der Waals surface area contributed by atoms with Gasteiger partial charge in [0.15, 0.2) is 5.78 Å². The highest BCUT2D eigenvalue weighted by molar-refractivity contribution is 6.09. The first kappa shape index (κ1) is 11.5. The molecule has 1 aromatic carbocycles. The normalized spacial score (nSPS) is 15.2. The molecule has 1 N–H and O–H groups in total. The number of Topliss-reactive ketones (excluding diaryl/α,β-unsaturated/α-hetero) is 1. The van der Waals surface area contributed by atoms with Gasteiger partial charge in [0.1, 0.15) is 0 Å². The highest BCUT2D eigenvalue weighted by Crippen LogP contribution is 2.23. The predicted molar refractivity (Wildman–Crippen MR) is 73.0 cm³/mol. The van der Waals surface area contributed by atoms with Crippen LogP contribution in [0.1, 0.15) is 28.8 Å². The van der Waals surface area contributed by atoms with Crippen LogP contribution < -0.4 is 5.32 Å². The maximum absolute atomic E-state index is 12.2. The Morgan fingerprint density at radius 2 is 2.22 bits per heavy atom. The summed E-state index contributed by atoms with van der Waals surface area (Å²) >= 11 is 0. The molecule has 0 amide bonds. The minimum absolute atomic E-state index is 0.193. The molecule has 0 radical (unpaired) electrons. The van der Waals surface area contributed by atoms with Crippen molar-refractivity contribution in [3.8, 4) is 0 Å². The van der Waals surface area contributed by atoms with Crippen molar-refractivity contribution in [2.24, 2.45) is 7.05 Å². The molecule has 1 aliphatic rings. The molecule has 0 atom stereocenters. The van der Waals surface area contributed by atoms with Crippen molar-refractivity contribution in [2.75, 3.05) is 6.54 Å². The Labute approximate surface area is 107 Å². The van der Waals surface area contributed by atoms with E-state index in [1.54, 1.807) is 0 Å². The van der Waals surface area contributed by atoms with Crippen LogP contribution in [0.2, 0.25) is 0 Å². The molecule has 2 aromatic rings. The lowest BCUT2D eigenvalue weighted by Gasteiger charge is -2.01. The fraction of sp³-hybridized carbons (Fsp3) is 0.400. The van der Waals surface area contributed by atoms with Crippen LogP contribution in [0.15, 0.2) is 24.4 Å². The Kier molecular flexibility index (Phi) is 2.71. The first-order valence-corrected chi connectivity index (χ1v) is 6.47. The lowest BCUT2D eigenvalue weighted by Crippen LogP contribution is -2.24. The molecule has 1 saturated carbocycles. The van der Waals surface area contributed by atoms with Crippen LogP contribution in [0.5, 0.6) is 0 Å². The van der Waals surface area contributed by atoms with Gasteiger partial charge in [0.05, 0.1) is 6.54 Å². The second-order valence-electron chi connectivity index (χ2n) is 5.25. The summed E-state index contributed by atoms with van der Waals surface area (Å²) in [5.74, 6) is 0.193. The van der Waals surface area contributed by atoms with Crippen molar-refractivity contribution in [2.45, 2.75) is 25.8 Å². The van der Waals surface area contributed by atoms with Gasteiger partial charge in [0.25, 0.3) is 0 Å². The Balaban J connectivity index is 1.94. The number of ketones is 1. The van der Waals surface area contributed by atoms with Gasteiger partial charge < -0.3 is 9.88 Å². The van der Waals surface area contributed by atoms with Gasteiger partial charge in [0.2, 0.25) is 0 Å². The molecule has 1 heterocycles. The lowest BCUT2D eigenvalue weighted by molar-refractivity contribution is 0.0992. The Hall–Kier alpha value is -1.61. The molecule has 0 spiro atoms. The largest absolute Gasteiger partial charge is 0.350 e. The van der Waals surface area contributed by atoms with Crippen LogP contribution in [-0.2, 0) is 7.05 Å². The quantitative estimate of drug-likeness (QED) is 0.835. The maximum Gasteiger partial charge on any atom is 0.178 e. The minimum atomic E-state index is 0.193. The second-order valence-corrected chi connectivity index (χ2v) is 5.25. The summed E-state index contributed by atoms with van der Waals surface area (Å²) in [5.41, 5.74) is 3.15.